The van der Waals surface area contributed by atoms with Crippen LogP contribution in [0.15, 0.2) is 47.8 Å². The third-order valence-corrected chi connectivity index (χ3v) is 4.25. The summed E-state index contributed by atoms with van der Waals surface area (Å²) in [6, 6.07) is 14.2. The molecule has 0 spiro atoms. The van der Waals surface area contributed by atoms with Gasteiger partial charge in [0.15, 0.2) is 5.82 Å². The molecule has 1 N–H and O–H groups in total. The van der Waals surface area contributed by atoms with Crippen LogP contribution in [-0.2, 0) is 0 Å². The van der Waals surface area contributed by atoms with Gasteiger partial charge in [-0.05, 0) is 30.9 Å². The van der Waals surface area contributed by atoms with Crippen LogP contribution in [-0.4, -0.2) is 16.5 Å². The molecule has 2 aromatic heterocycles. The summed E-state index contributed by atoms with van der Waals surface area (Å²) >= 11 is 1.72. The van der Waals surface area contributed by atoms with E-state index in [1.807, 2.05) is 36.4 Å². The Balaban J connectivity index is 2.13. The van der Waals surface area contributed by atoms with E-state index in [1.54, 1.807) is 11.3 Å². The fourth-order valence-corrected chi connectivity index (χ4v) is 3.07. The molecule has 0 aliphatic heterocycles. The molecule has 0 aliphatic carbocycles. The minimum Gasteiger partial charge on any atom is -0.370 e. The molecule has 3 nitrogen and oxygen atoms in total. The third kappa shape index (κ3) is 2.95. The van der Waals surface area contributed by atoms with Gasteiger partial charge in [-0.1, -0.05) is 30.3 Å². The molecule has 1 aromatic carbocycles. The van der Waals surface area contributed by atoms with Gasteiger partial charge in [0.2, 0.25) is 0 Å². The fourth-order valence-electron chi connectivity index (χ4n) is 2.19. The van der Waals surface area contributed by atoms with E-state index in [0.29, 0.717) is 0 Å². The van der Waals surface area contributed by atoms with Crippen molar-refractivity contribution in [2.24, 2.45) is 0 Å². The van der Waals surface area contributed by atoms with Crippen LogP contribution in [0, 0.1) is 6.92 Å². The van der Waals surface area contributed by atoms with Crippen LogP contribution in [0.1, 0.15) is 12.5 Å². The largest absolute Gasteiger partial charge is 0.370 e. The third-order valence-electron chi connectivity index (χ3n) is 3.21. The first-order valence-corrected chi connectivity index (χ1v) is 7.88. The number of hydrogen-bond acceptors (Lipinski definition) is 4. The molecule has 0 radical (unpaired) electrons. The van der Waals surface area contributed by atoms with Crippen LogP contribution >= 0.6 is 11.3 Å². The molecule has 0 unspecified atom stereocenters. The van der Waals surface area contributed by atoms with Crippen molar-refractivity contribution in [3.63, 3.8) is 0 Å². The van der Waals surface area contributed by atoms with Gasteiger partial charge in [0.25, 0.3) is 0 Å². The Kier molecular flexibility index (Phi) is 3.97. The molecule has 21 heavy (non-hydrogen) atoms. The summed E-state index contributed by atoms with van der Waals surface area (Å²) in [4.78, 5) is 10.6. The van der Waals surface area contributed by atoms with Gasteiger partial charge in [-0.15, -0.1) is 11.3 Å². The molecule has 3 aromatic rings. The number of benzene rings is 1. The molecule has 4 heteroatoms. The van der Waals surface area contributed by atoms with Crippen molar-refractivity contribution in [3.05, 3.63) is 53.4 Å². The number of thiophene rings is 1. The molecule has 2 heterocycles. The summed E-state index contributed by atoms with van der Waals surface area (Å²) in [5, 5.41) is 5.39. The lowest BCUT2D eigenvalue weighted by atomic mass is 10.2. The van der Waals surface area contributed by atoms with Gasteiger partial charge in [-0.25, -0.2) is 9.97 Å². The second-order valence-electron chi connectivity index (χ2n) is 4.79. The minimum atomic E-state index is 0.761. The van der Waals surface area contributed by atoms with Crippen LogP contribution in [0.5, 0.6) is 0 Å². The predicted molar refractivity (Wildman–Crippen MR) is 89.7 cm³/mol. The van der Waals surface area contributed by atoms with Gasteiger partial charge >= 0.3 is 0 Å². The van der Waals surface area contributed by atoms with E-state index in [0.717, 1.165) is 29.4 Å². The number of anilines is 1. The van der Waals surface area contributed by atoms with Gasteiger partial charge in [-0.3, -0.25) is 0 Å². The van der Waals surface area contributed by atoms with Crippen molar-refractivity contribution < 1.29 is 0 Å². The van der Waals surface area contributed by atoms with Crippen LogP contribution in [0.4, 0.5) is 5.82 Å². The summed E-state index contributed by atoms with van der Waals surface area (Å²) in [6.07, 6.45) is 0. The van der Waals surface area contributed by atoms with Crippen LogP contribution in [0.25, 0.3) is 22.0 Å². The first-order valence-electron chi connectivity index (χ1n) is 7.00. The minimum absolute atomic E-state index is 0.761. The number of aromatic nitrogens is 2. The van der Waals surface area contributed by atoms with E-state index in [1.165, 1.54) is 10.4 Å². The Hall–Kier alpha value is -2.20. The highest BCUT2D eigenvalue weighted by molar-refractivity contribution is 7.13. The van der Waals surface area contributed by atoms with E-state index >= 15 is 0 Å². The summed E-state index contributed by atoms with van der Waals surface area (Å²) in [7, 11) is 0. The Morgan fingerprint density at radius 1 is 1.10 bits per heavy atom. The summed E-state index contributed by atoms with van der Waals surface area (Å²) in [6.45, 7) is 5.03. The predicted octanol–water partition coefficient (Wildman–Crippen LogP) is 4.61. The molecule has 106 valence electrons. The van der Waals surface area contributed by atoms with E-state index in [-0.39, 0.29) is 0 Å². The highest BCUT2D eigenvalue weighted by Gasteiger charge is 2.10. The SMILES string of the molecule is CCNc1cc(-c2sccc2C)nc(-c2ccccc2)n1. The molecular formula is C17H17N3S. The zero-order valence-electron chi connectivity index (χ0n) is 12.1. The normalized spacial score (nSPS) is 10.6. The second-order valence-corrected chi connectivity index (χ2v) is 5.71. The first-order chi connectivity index (χ1) is 10.3. The van der Waals surface area contributed by atoms with Gasteiger partial charge in [0.1, 0.15) is 5.82 Å². The van der Waals surface area contributed by atoms with Crippen molar-refractivity contribution in [3.8, 4) is 22.0 Å². The number of hydrogen-bond donors (Lipinski definition) is 1. The fraction of sp³-hybridized carbons (Fsp3) is 0.176. The standard InChI is InChI=1S/C17H17N3S/c1-3-18-15-11-14(16-12(2)9-10-21-16)19-17(20-15)13-7-5-4-6-8-13/h4-11H,3H2,1-2H3,(H,18,19,20). The molecule has 0 atom stereocenters. The maximum absolute atomic E-state index is 4.75. The Labute approximate surface area is 128 Å². The summed E-state index contributed by atoms with van der Waals surface area (Å²) < 4.78 is 0. The Morgan fingerprint density at radius 2 is 1.90 bits per heavy atom. The average molecular weight is 295 g/mol. The van der Waals surface area contributed by atoms with Crippen molar-refractivity contribution in [1.29, 1.82) is 0 Å². The molecule has 0 saturated heterocycles. The van der Waals surface area contributed by atoms with E-state index < -0.39 is 0 Å². The van der Waals surface area contributed by atoms with Gasteiger partial charge in [-0.2, -0.15) is 0 Å². The van der Waals surface area contributed by atoms with E-state index in [9.17, 15) is 0 Å². The summed E-state index contributed by atoms with van der Waals surface area (Å²) in [5.41, 5.74) is 3.26. The van der Waals surface area contributed by atoms with Gasteiger partial charge < -0.3 is 5.32 Å². The van der Waals surface area contributed by atoms with Crippen molar-refractivity contribution >= 4 is 17.2 Å². The lowest BCUT2D eigenvalue weighted by molar-refractivity contribution is 1.12. The van der Waals surface area contributed by atoms with Crippen LogP contribution in [0.2, 0.25) is 0 Å². The van der Waals surface area contributed by atoms with E-state index in [4.69, 9.17) is 4.98 Å². The van der Waals surface area contributed by atoms with Crippen molar-refractivity contribution in [1.82, 2.24) is 9.97 Å². The molecular weight excluding hydrogens is 278 g/mol. The Bertz CT molecular complexity index is 735. The second kappa shape index (κ2) is 6.06. The average Bonchev–Trinajstić information content (AvgIpc) is 2.94. The topological polar surface area (TPSA) is 37.8 Å². The monoisotopic (exact) mass is 295 g/mol. The maximum atomic E-state index is 4.75. The lowest BCUT2D eigenvalue weighted by Crippen LogP contribution is -2.02. The zero-order chi connectivity index (χ0) is 14.7. The van der Waals surface area contributed by atoms with Crippen molar-refractivity contribution in [2.75, 3.05) is 11.9 Å². The highest BCUT2D eigenvalue weighted by atomic mass is 32.1. The molecule has 0 saturated carbocycles. The van der Waals surface area contributed by atoms with Crippen molar-refractivity contribution in [2.45, 2.75) is 13.8 Å². The maximum Gasteiger partial charge on any atom is 0.162 e. The zero-order valence-corrected chi connectivity index (χ0v) is 12.9. The smallest absolute Gasteiger partial charge is 0.162 e. The number of aryl methyl sites for hydroxylation is 1. The van der Waals surface area contributed by atoms with E-state index in [2.05, 4.69) is 35.6 Å². The first kappa shape index (κ1) is 13.8. The molecule has 0 aliphatic rings. The van der Waals surface area contributed by atoms with Gasteiger partial charge in [0.05, 0.1) is 10.6 Å². The Morgan fingerprint density at radius 3 is 2.57 bits per heavy atom. The highest BCUT2D eigenvalue weighted by Crippen LogP contribution is 2.30. The number of nitrogens with one attached hydrogen (secondary N) is 1. The molecule has 0 fully saturated rings. The van der Waals surface area contributed by atoms with Crippen LogP contribution in [0.3, 0.4) is 0 Å². The lowest BCUT2D eigenvalue weighted by Gasteiger charge is -2.09. The quantitative estimate of drug-likeness (QED) is 0.763. The summed E-state index contributed by atoms with van der Waals surface area (Å²) in [5.74, 6) is 1.63. The van der Waals surface area contributed by atoms with Crippen LogP contribution < -0.4 is 5.32 Å². The molecule has 0 bridgehead atoms. The number of nitrogens with zero attached hydrogens (tertiary/aromatic N) is 2. The van der Waals surface area contributed by atoms with Gasteiger partial charge in [0, 0.05) is 18.2 Å². The molecule has 0 amide bonds. The number of rotatable bonds is 4. The molecule has 3 rings (SSSR count).